The van der Waals surface area contributed by atoms with Gasteiger partial charge in [-0.15, -0.1) is 10.2 Å². The SMILES string of the molecule is COc1ccc(Nc2nnc(SCC(=O)c3cc(C)n(C[C@H]4CCCO4)c3C)s2)cc1. The molecule has 4 rings (SSSR count). The Morgan fingerprint density at radius 1 is 1.32 bits per heavy atom. The van der Waals surface area contributed by atoms with Gasteiger partial charge in [-0.25, -0.2) is 0 Å². The molecule has 1 aliphatic rings. The standard InChI is InChI=1S/C22H26N4O3S2/c1-14-11-19(15(2)26(14)12-18-5-4-10-29-18)20(27)13-30-22-25-24-21(31-22)23-16-6-8-17(28-3)9-7-16/h6-9,11,18H,4-5,10,12-13H2,1-3H3,(H,23,24)/t18-/m1/s1. The predicted octanol–water partition coefficient (Wildman–Crippen LogP) is 4.86. The third-order valence-corrected chi connectivity index (χ3v) is 7.33. The summed E-state index contributed by atoms with van der Waals surface area (Å²) in [5.41, 5.74) is 3.80. The van der Waals surface area contributed by atoms with Gasteiger partial charge in [0.25, 0.3) is 0 Å². The zero-order chi connectivity index (χ0) is 21.8. The number of Topliss-reactive ketones (excluding diaryl/α,β-unsaturated/α-hetero) is 1. The van der Waals surface area contributed by atoms with Gasteiger partial charge < -0.3 is 19.4 Å². The Morgan fingerprint density at radius 2 is 2.13 bits per heavy atom. The van der Waals surface area contributed by atoms with Crippen molar-refractivity contribution < 1.29 is 14.3 Å². The Kier molecular flexibility index (Phi) is 6.94. The van der Waals surface area contributed by atoms with E-state index in [4.69, 9.17) is 9.47 Å². The van der Waals surface area contributed by atoms with Gasteiger partial charge >= 0.3 is 0 Å². The lowest BCUT2D eigenvalue weighted by molar-refractivity contribution is 0.0957. The van der Waals surface area contributed by atoms with Crippen LogP contribution < -0.4 is 10.1 Å². The number of nitrogens with one attached hydrogen (secondary N) is 1. The number of thioether (sulfide) groups is 1. The van der Waals surface area contributed by atoms with Gasteiger partial charge in [0.2, 0.25) is 5.13 Å². The minimum absolute atomic E-state index is 0.108. The summed E-state index contributed by atoms with van der Waals surface area (Å²) in [7, 11) is 1.64. The maximum absolute atomic E-state index is 12.9. The van der Waals surface area contributed by atoms with E-state index in [2.05, 4.69) is 20.1 Å². The van der Waals surface area contributed by atoms with Crippen molar-refractivity contribution in [3.05, 3.63) is 47.3 Å². The van der Waals surface area contributed by atoms with E-state index >= 15 is 0 Å². The number of methoxy groups -OCH3 is 1. The largest absolute Gasteiger partial charge is 0.497 e. The molecule has 9 heteroatoms. The number of hydrogen-bond acceptors (Lipinski definition) is 8. The first-order valence-corrected chi connectivity index (χ1v) is 12.0. The van der Waals surface area contributed by atoms with Crippen LogP contribution in [0.15, 0.2) is 34.7 Å². The van der Waals surface area contributed by atoms with E-state index in [-0.39, 0.29) is 11.9 Å². The molecule has 0 aliphatic carbocycles. The van der Waals surface area contributed by atoms with Crippen molar-refractivity contribution >= 4 is 39.7 Å². The molecular formula is C22H26N4O3S2. The van der Waals surface area contributed by atoms with Crippen LogP contribution in [0.4, 0.5) is 10.8 Å². The van der Waals surface area contributed by atoms with E-state index in [1.165, 1.54) is 23.1 Å². The minimum atomic E-state index is 0.108. The third-order valence-electron chi connectivity index (χ3n) is 5.36. The molecule has 1 atom stereocenters. The van der Waals surface area contributed by atoms with Crippen LogP contribution in [-0.4, -0.2) is 46.1 Å². The monoisotopic (exact) mass is 458 g/mol. The van der Waals surface area contributed by atoms with Crippen LogP contribution in [0.2, 0.25) is 0 Å². The Labute approximate surface area is 190 Å². The van der Waals surface area contributed by atoms with Crippen molar-refractivity contribution in [3.63, 3.8) is 0 Å². The first-order valence-electron chi connectivity index (χ1n) is 10.2. The number of anilines is 2. The summed E-state index contributed by atoms with van der Waals surface area (Å²) in [5, 5.41) is 12.3. The Bertz CT molecular complexity index is 1040. The molecule has 2 aromatic heterocycles. The Hall–Kier alpha value is -2.36. The molecule has 0 saturated carbocycles. The summed E-state index contributed by atoms with van der Waals surface area (Å²) >= 11 is 2.85. The molecule has 31 heavy (non-hydrogen) atoms. The smallest absolute Gasteiger partial charge is 0.210 e. The van der Waals surface area contributed by atoms with Crippen molar-refractivity contribution in [2.45, 2.75) is 43.7 Å². The van der Waals surface area contributed by atoms with E-state index in [1.807, 2.05) is 44.2 Å². The summed E-state index contributed by atoms with van der Waals surface area (Å²) in [6.45, 7) is 5.72. The average Bonchev–Trinajstić information content (AvgIpc) is 3.51. The van der Waals surface area contributed by atoms with Crippen LogP contribution in [0, 0.1) is 13.8 Å². The molecule has 1 aliphatic heterocycles. The quantitative estimate of drug-likeness (QED) is 0.362. The molecule has 0 unspecified atom stereocenters. The van der Waals surface area contributed by atoms with Gasteiger partial charge in [0.15, 0.2) is 10.1 Å². The lowest BCUT2D eigenvalue weighted by atomic mass is 10.2. The second kappa shape index (κ2) is 9.84. The highest BCUT2D eigenvalue weighted by Gasteiger charge is 2.21. The number of benzene rings is 1. The number of aryl methyl sites for hydroxylation is 1. The number of ether oxygens (including phenoxy) is 2. The molecule has 0 bridgehead atoms. The molecule has 3 heterocycles. The maximum atomic E-state index is 12.9. The zero-order valence-electron chi connectivity index (χ0n) is 17.9. The zero-order valence-corrected chi connectivity index (χ0v) is 19.5. The number of nitrogens with zero attached hydrogens (tertiary/aromatic N) is 3. The first kappa shape index (κ1) is 21.9. The highest BCUT2D eigenvalue weighted by molar-refractivity contribution is 8.01. The van der Waals surface area contributed by atoms with Crippen LogP contribution in [0.3, 0.4) is 0 Å². The van der Waals surface area contributed by atoms with E-state index < -0.39 is 0 Å². The van der Waals surface area contributed by atoms with E-state index in [0.29, 0.717) is 10.9 Å². The maximum Gasteiger partial charge on any atom is 0.210 e. The van der Waals surface area contributed by atoms with E-state index in [1.54, 1.807) is 7.11 Å². The first-order chi connectivity index (χ1) is 15.0. The van der Waals surface area contributed by atoms with Gasteiger partial charge in [0.1, 0.15) is 5.75 Å². The Balaban J connectivity index is 1.34. The molecule has 1 aromatic carbocycles. The molecule has 1 N–H and O–H groups in total. The second-order valence-electron chi connectivity index (χ2n) is 7.47. The van der Waals surface area contributed by atoms with Crippen molar-refractivity contribution in [1.29, 1.82) is 0 Å². The lowest BCUT2D eigenvalue weighted by Crippen LogP contribution is -2.17. The second-order valence-corrected chi connectivity index (χ2v) is 9.67. The van der Waals surface area contributed by atoms with E-state index in [9.17, 15) is 4.79 Å². The van der Waals surface area contributed by atoms with Gasteiger partial charge in [-0.1, -0.05) is 23.1 Å². The predicted molar refractivity (Wildman–Crippen MR) is 124 cm³/mol. The fourth-order valence-electron chi connectivity index (χ4n) is 3.68. The third kappa shape index (κ3) is 5.28. The number of ketones is 1. The lowest BCUT2D eigenvalue weighted by Gasteiger charge is -2.14. The molecule has 0 radical (unpaired) electrons. The molecule has 3 aromatic rings. The molecule has 1 fully saturated rings. The van der Waals surface area contributed by atoms with Gasteiger partial charge in [-0.3, -0.25) is 4.79 Å². The van der Waals surface area contributed by atoms with Crippen LogP contribution in [0.5, 0.6) is 5.75 Å². The summed E-state index contributed by atoms with van der Waals surface area (Å²) in [6, 6.07) is 9.59. The molecular weight excluding hydrogens is 432 g/mol. The highest BCUT2D eigenvalue weighted by atomic mass is 32.2. The molecule has 0 amide bonds. The average molecular weight is 459 g/mol. The molecule has 164 valence electrons. The fourth-order valence-corrected chi connectivity index (χ4v) is 5.33. The summed E-state index contributed by atoms with van der Waals surface area (Å²) in [5.74, 6) is 1.24. The number of hydrogen-bond donors (Lipinski definition) is 1. The Morgan fingerprint density at radius 3 is 2.84 bits per heavy atom. The molecule has 0 spiro atoms. The van der Waals surface area contributed by atoms with Crippen molar-refractivity contribution in [2.24, 2.45) is 0 Å². The number of carbonyl (C=O) groups is 1. The van der Waals surface area contributed by atoms with Crippen molar-refractivity contribution in [2.75, 3.05) is 24.8 Å². The highest BCUT2D eigenvalue weighted by Crippen LogP contribution is 2.29. The fraction of sp³-hybridized carbons (Fsp3) is 0.409. The van der Waals surface area contributed by atoms with Gasteiger partial charge in [-0.05, 0) is 57.0 Å². The molecule has 1 saturated heterocycles. The van der Waals surface area contributed by atoms with Crippen molar-refractivity contribution in [1.82, 2.24) is 14.8 Å². The van der Waals surface area contributed by atoms with Crippen LogP contribution in [0.1, 0.15) is 34.6 Å². The van der Waals surface area contributed by atoms with Gasteiger partial charge in [0, 0.05) is 35.8 Å². The van der Waals surface area contributed by atoms with Crippen LogP contribution in [0.25, 0.3) is 0 Å². The minimum Gasteiger partial charge on any atom is -0.497 e. The summed E-state index contributed by atoms with van der Waals surface area (Å²) in [4.78, 5) is 12.9. The molecule has 7 nitrogen and oxygen atoms in total. The van der Waals surface area contributed by atoms with Gasteiger partial charge in [-0.2, -0.15) is 0 Å². The van der Waals surface area contributed by atoms with Crippen LogP contribution >= 0.6 is 23.1 Å². The number of rotatable bonds is 9. The summed E-state index contributed by atoms with van der Waals surface area (Å²) in [6.07, 6.45) is 2.45. The normalized spacial score (nSPS) is 15.9. The number of aromatic nitrogens is 3. The van der Waals surface area contributed by atoms with Gasteiger partial charge in [0.05, 0.1) is 19.0 Å². The van der Waals surface area contributed by atoms with Crippen LogP contribution in [-0.2, 0) is 11.3 Å². The number of carbonyl (C=O) groups excluding carboxylic acids is 1. The van der Waals surface area contributed by atoms with Crippen molar-refractivity contribution in [3.8, 4) is 5.75 Å². The summed E-state index contributed by atoms with van der Waals surface area (Å²) < 4.78 is 13.9. The van der Waals surface area contributed by atoms with E-state index in [0.717, 1.165) is 58.7 Å². The topological polar surface area (TPSA) is 78.3 Å².